The minimum atomic E-state index is -4.44. The zero-order valence-electron chi connectivity index (χ0n) is 44.3. The molecule has 4 aliphatic rings. The molecule has 4 aliphatic heterocycles. The van der Waals surface area contributed by atoms with Crippen LogP contribution in [-0.2, 0) is 16.1 Å². The molecule has 0 bridgehead atoms. The number of aryl methyl sites for hydroxylation is 2. The van der Waals surface area contributed by atoms with E-state index in [4.69, 9.17) is 16.6 Å². The van der Waals surface area contributed by atoms with Gasteiger partial charge in [-0.05, 0) is 118 Å². The van der Waals surface area contributed by atoms with Gasteiger partial charge < -0.3 is 25.0 Å². The molecule has 2 amide bonds. The van der Waals surface area contributed by atoms with Crippen molar-refractivity contribution in [3.63, 3.8) is 0 Å². The molecule has 6 aromatic rings. The number of hydrogen-bond acceptors (Lipinski definition) is 11. The van der Waals surface area contributed by atoms with Crippen molar-refractivity contribution in [3.8, 4) is 16.8 Å². The van der Waals surface area contributed by atoms with Gasteiger partial charge in [-0.25, -0.2) is 4.89 Å². The highest BCUT2D eigenvalue weighted by Crippen LogP contribution is 2.44. The van der Waals surface area contributed by atoms with E-state index in [2.05, 4.69) is 60.9 Å². The van der Waals surface area contributed by atoms with E-state index < -0.39 is 26.3 Å². The summed E-state index contributed by atoms with van der Waals surface area (Å²) in [7, 11) is -2.14. The Kier molecular flexibility index (Phi) is 16.2. The predicted molar refractivity (Wildman–Crippen MR) is 304 cm³/mol. The smallest absolute Gasteiger partial charge is 0.382 e. The first-order valence-electron chi connectivity index (χ1n) is 26.6. The Balaban J connectivity index is 0.677. The van der Waals surface area contributed by atoms with E-state index in [0.29, 0.717) is 47.3 Å². The fourth-order valence-corrected chi connectivity index (χ4v) is 13.4. The van der Waals surface area contributed by atoms with Crippen molar-refractivity contribution in [2.75, 3.05) is 96.0 Å². The van der Waals surface area contributed by atoms with E-state index >= 15 is 0 Å². The molecule has 0 unspecified atom stereocenters. The topological polar surface area (TPSA) is 139 Å². The van der Waals surface area contributed by atoms with Gasteiger partial charge in [-0.3, -0.25) is 28.9 Å². The van der Waals surface area contributed by atoms with Crippen molar-refractivity contribution >= 4 is 75.5 Å². The van der Waals surface area contributed by atoms with Crippen molar-refractivity contribution in [2.45, 2.75) is 77.7 Å². The second-order valence-electron chi connectivity index (χ2n) is 21.4. The Hall–Kier alpha value is -5.80. The number of carbonyl (C=O) groups excluding carboxylic acids is 2. The molecule has 3 aromatic carbocycles. The molecule has 3 N–H and O–H groups in total. The van der Waals surface area contributed by atoms with Crippen LogP contribution in [0.5, 0.6) is 0 Å². The van der Waals surface area contributed by atoms with Crippen LogP contribution in [0.1, 0.15) is 77.1 Å². The first-order chi connectivity index (χ1) is 36.8. The Morgan fingerprint density at radius 1 is 0.857 bits per heavy atom. The highest BCUT2D eigenvalue weighted by Gasteiger charge is 2.36. The third-order valence-electron chi connectivity index (χ3n) is 15.6. The summed E-state index contributed by atoms with van der Waals surface area (Å²) < 4.78 is 45.1. The number of aliphatic imine (C=N–C) groups is 1. The summed E-state index contributed by atoms with van der Waals surface area (Å²) >= 11 is 8.00. The Morgan fingerprint density at radius 3 is 2.25 bits per heavy atom. The molecule has 3 saturated heterocycles. The number of likely N-dealkylation sites (tertiary alicyclic amines) is 2. The van der Waals surface area contributed by atoms with Crippen LogP contribution in [0.4, 0.5) is 24.5 Å². The van der Waals surface area contributed by atoms with Gasteiger partial charge in [0.1, 0.15) is 28.7 Å². The number of thiophene rings is 1. The van der Waals surface area contributed by atoms with E-state index in [1.807, 2.05) is 84.7 Å². The lowest BCUT2D eigenvalue weighted by atomic mass is 9.95. The molecular weight excluding hydrogens is 1040 g/mol. The fraction of sp³-hybridized carbons (Fsp3) is 0.456. The largest absolute Gasteiger partial charge is 0.406 e. The number of rotatable bonds is 13. The number of piperidine rings is 2. The first-order valence-corrected chi connectivity index (χ1v) is 30.4. The molecule has 406 valence electrons. The lowest BCUT2D eigenvalue weighted by Crippen LogP contribution is -2.51. The third kappa shape index (κ3) is 12.6. The number of halogens is 4. The lowest BCUT2D eigenvalue weighted by Gasteiger charge is -2.39. The molecule has 0 aliphatic carbocycles. The Morgan fingerprint density at radius 2 is 1.56 bits per heavy atom. The van der Waals surface area contributed by atoms with Crippen molar-refractivity contribution in [2.24, 2.45) is 10.9 Å². The maximum Gasteiger partial charge on any atom is 0.406 e. The quantitative estimate of drug-likeness (QED) is 0.0765. The molecule has 1 atom stereocenters. The van der Waals surface area contributed by atoms with Gasteiger partial charge in [0.15, 0.2) is 13.3 Å². The van der Waals surface area contributed by atoms with Crippen LogP contribution in [0.25, 0.3) is 15.9 Å². The highest BCUT2D eigenvalue weighted by atomic mass is 35.5. The third-order valence-corrected chi connectivity index (χ3v) is 18.6. The molecule has 3 aromatic heterocycles. The van der Waals surface area contributed by atoms with Gasteiger partial charge in [0, 0.05) is 103 Å². The number of anilines is 2. The summed E-state index contributed by atoms with van der Waals surface area (Å²) in [6.45, 7) is 16.0. The second-order valence-corrected chi connectivity index (χ2v) is 26.3. The van der Waals surface area contributed by atoms with Gasteiger partial charge in [-0.2, -0.15) is 13.2 Å². The number of amides is 2. The molecule has 77 heavy (non-hydrogen) atoms. The summed E-state index contributed by atoms with van der Waals surface area (Å²) in [6.07, 6.45) is -0.773. The van der Waals surface area contributed by atoms with Crippen LogP contribution in [-0.4, -0.2) is 159 Å². The molecule has 10 rings (SSSR count). The summed E-state index contributed by atoms with van der Waals surface area (Å²) in [5, 5.41) is 19.1. The summed E-state index contributed by atoms with van der Waals surface area (Å²) in [5.74, 6) is 8.11. The second kappa shape index (κ2) is 22.9. The monoisotopic (exact) mass is 1110 g/mol. The van der Waals surface area contributed by atoms with Crippen LogP contribution in [0.3, 0.4) is 0 Å². The van der Waals surface area contributed by atoms with Gasteiger partial charge in [-0.1, -0.05) is 35.7 Å². The SMILES string of the molecule is Cc1sc2c(c1C)C(c1ccc(Cl)cc1)=N[C@@H](CC(=O)N1CCN(CC3CCN(C(=O)CN4CCC(Nc5cccc6c5cc(C#CCNc5ccc([P+](C)(C)O)cc5)n6CC(F)(F)F)CC4)CC3)CC1)c1nnc(C)n1-2. The van der Waals surface area contributed by atoms with Gasteiger partial charge >= 0.3 is 6.18 Å². The average Bonchev–Trinajstić information content (AvgIpc) is 4.03. The van der Waals surface area contributed by atoms with Crippen molar-refractivity contribution in [1.82, 2.24) is 38.9 Å². The number of piperazine rings is 1. The molecular formula is C57H67ClF3N11O3PS+. The number of fused-ring (bicyclic) bond motifs is 4. The number of aromatic nitrogens is 4. The van der Waals surface area contributed by atoms with E-state index in [9.17, 15) is 27.7 Å². The van der Waals surface area contributed by atoms with Crippen molar-refractivity contribution < 1.29 is 27.7 Å². The molecule has 20 heteroatoms. The number of hydrogen-bond donors (Lipinski definition) is 3. The van der Waals surface area contributed by atoms with Crippen LogP contribution in [0.15, 0.2) is 77.8 Å². The summed E-state index contributed by atoms with van der Waals surface area (Å²) in [5.41, 5.74) is 6.28. The number of carbonyl (C=O) groups is 2. The van der Waals surface area contributed by atoms with Crippen molar-refractivity contribution in [1.29, 1.82) is 0 Å². The highest BCUT2D eigenvalue weighted by molar-refractivity contribution is 7.76. The molecule has 14 nitrogen and oxygen atoms in total. The van der Waals surface area contributed by atoms with Gasteiger partial charge in [0.25, 0.3) is 0 Å². The van der Waals surface area contributed by atoms with Crippen LogP contribution < -0.4 is 15.9 Å². The zero-order chi connectivity index (χ0) is 54.2. The first kappa shape index (κ1) is 54.6. The van der Waals surface area contributed by atoms with Crippen LogP contribution in [0, 0.1) is 38.5 Å². The van der Waals surface area contributed by atoms with Crippen molar-refractivity contribution in [3.05, 3.63) is 117 Å². The van der Waals surface area contributed by atoms with Gasteiger partial charge in [-0.15, -0.1) is 21.5 Å². The maximum atomic E-state index is 14.1. The molecule has 3 fully saturated rings. The Labute approximate surface area is 458 Å². The normalized spacial score (nSPS) is 18.1. The minimum Gasteiger partial charge on any atom is -0.382 e. The van der Waals surface area contributed by atoms with Gasteiger partial charge in [0.2, 0.25) is 11.8 Å². The molecule has 0 spiro atoms. The van der Waals surface area contributed by atoms with Gasteiger partial charge in [0.05, 0.1) is 49.8 Å². The number of benzene rings is 3. The zero-order valence-corrected chi connectivity index (χ0v) is 46.8. The van der Waals surface area contributed by atoms with Crippen LogP contribution in [0.2, 0.25) is 5.02 Å². The average molecular weight is 1110 g/mol. The standard InChI is InChI=1S/C57H67ClF3N11O3PS/c1-37-38(2)77-56-53(37)54(41-11-13-42(58)14-12-41)64-49(55-66-65-39(3)72(55)56)33-51(73)70-30-28-68(29-31-70)34-40-19-26-69(27-20-40)52(74)35-67-24-21-44(22-25-67)63-48-9-6-10-50-47(48)32-45(71(50)36-57(59,60)61)8-7-23-62-43-15-17-46(18-16-43)76(4,5)75/h6,9-18,32,40,44,49,62-63,75H,19-31,33-36H2,1-5H3/q+1/t49-/m0/s1. The van der Waals surface area contributed by atoms with E-state index in [-0.39, 0.29) is 36.5 Å². The maximum absolute atomic E-state index is 14.1. The number of nitrogens with one attached hydrogen (secondary N) is 2. The molecule has 0 radical (unpaired) electrons. The molecule has 0 saturated carbocycles. The minimum absolute atomic E-state index is 0.0531. The summed E-state index contributed by atoms with van der Waals surface area (Å²) in [4.78, 5) is 53.2. The molecule has 7 heterocycles. The number of nitrogens with zero attached hydrogens (tertiary/aromatic N) is 9. The predicted octanol–water partition coefficient (Wildman–Crippen LogP) is 8.94. The van der Waals surface area contributed by atoms with Crippen LogP contribution >= 0.6 is 30.4 Å². The van der Waals surface area contributed by atoms with E-state index in [0.717, 1.165) is 121 Å². The number of alkyl halides is 3. The van der Waals surface area contributed by atoms with E-state index in [1.54, 1.807) is 29.5 Å². The van der Waals surface area contributed by atoms with E-state index in [1.165, 1.54) is 9.44 Å². The fourth-order valence-electron chi connectivity index (χ4n) is 11.2. The lowest BCUT2D eigenvalue weighted by molar-refractivity contribution is -0.140. The Bertz CT molecular complexity index is 3210. The summed E-state index contributed by atoms with van der Waals surface area (Å²) in [6, 6.07) is 21.9.